The van der Waals surface area contributed by atoms with Gasteiger partial charge >= 0.3 is 0 Å². The molecule has 1 nitrogen and oxygen atoms in total. The molecule has 9 heavy (non-hydrogen) atoms. The summed E-state index contributed by atoms with van der Waals surface area (Å²) in [5.41, 5.74) is 0. The highest BCUT2D eigenvalue weighted by atomic mass is 14.4. The van der Waals surface area contributed by atoms with Gasteiger partial charge in [-0.3, -0.25) is 0 Å². The predicted octanol–water partition coefficient (Wildman–Crippen LogP) is 2.19. The Morgan fingerprint density at radius 3 is 2.11 bits per heavy atom. The fourth-order valence-corrected chi connectivity index (χ4v) is 1.25. The zero-order valence-electron chi connectivity index (χ0n) is 6.09. The Labute approximate surface area is 56.7 Å². The zero-order valence-corrected chi connectivity index (χ0v) is 6.09. The molecule has 50 valence electrons. The van der Waals surface area contributed by atoms with Crippen LogP contribution in [0.15, 0.2) is 0 Å². The summed E-state index contributed by atoms with van der Waals surface area (Å²) in [7, 11) is 0. The van der Waals surface area contributed by atoms with E-state index in [0.717, 1.165) is 5.92 Å². The van der Waals surface area contributed by atoms with Gasteiger partial charge < -0.3 is 0 Å². The van der Waals surface area contributed by atoms with Gasteiger partial charge in [-0.05, 0) is 24.7 Å². The van der Waals surface area contributed by atoms with Gasteiger partial charge in [0.25, 0.3) is 0 Å². The van der Waals surface area contributed by atoms with Gasteiger partial charge in [0, 0.05) is 0 Å². The first kappa shape index (κ1) is 6.61. The van der Waals surface area contributed by atoms with Crippen LogP contribution in [0.2, 0.25) is 0 Å². The molecule has 0 radical (unpaired) electrons. The number of rotatable bonds is 2. The van der Waals surface area contributed by atoms with Crippen molar-refractivity contribution < 1.29 is 0 Å². The summed E-state index contributed by atoms with van der Waals surface area (Å²) < 4.78 is 0. The Hall–Kier alpha value is -0.510. The van der Waals surface area contributed by atoms with Gasteiger partial charge in [-0.2, -0.15) is 5.26 Å². The van der Waals surface area contributed by atoms with Crippen molar-refractivity contribution in [2.24, 2.45) is 17.8 Å². The van der Waals surface area contributed by atoms with E-state index in [2.05, 4.69) is 19.9 Å². The third-order valence-electron chi connectivity index (χ3n) is 2.00. The molecule has 1 atom stereocenters. The van der Waals surface area contributed by atoms with Gasteiger partial charge in [-0.15, -0.1) is 0 Å². The van der Waals surface area contributed by atoms with Crippen LogP contribution in [0, 0.1) is 29.1 Å². The molecule has 1 rings (SSSR count). The summed E-state index contributed by atoms with van der Waals surface area (Å²) in [6.07, 6.45) is 2.58. The summed E-state index contributed by atoms with van der Waals surface area (Å²) in [5, 5.41) is 8.66. The fourth-order valence-electron chi connectivity index (χ4n) is 1.25. The molecule has 0 heterocycles. The minimum absolute atomic E-state index is 0.338. The van der Waals surface area contributed by atoms with Crippen LogP contribution < -0.4 is 0 Å². The Morgan fingerprint density at radius 2 is 2.00 bits per heavy atom. The molecule has 0 aromatic carbocycles. The van der Waals surface area contributed by atoms with Crippen LogP contribution in [0.4, 0.5) is 0 Å². The topological polar surface area (TPSA) is 23.8 Å². The molecule has 1 aliphatic carbocycles. The van der Waals surface area contributed by atoms with E-state index in [9.17, 15) is 0 Å². The van der Waals surface area contributed by atoms with Crippen molar-refractivity contribution in [1.29, 1.82) is 5.26 Å². The molecule has 1 heteroatoms. The minimum Gasteiger partial charge on any atom is -0.198 e. The molecule has 1 aliphatic rings. The Morgan fingerprint density at radius 1 is 1.44 bits per heavy atom. The number of nitriles is 1. The molecule has 0 saturated heterocycles. The molecular formula is C8H13N. The van der Waals surface area contributed by atoms with Gasteiger partial charge in [0.05, 0.1) is 12.0 Å². The van der Waals surface area contributed by atoms with Gasteiger partial charge in [-0.1, -0.05) is 13.8 Å². The van der Waals surface area contributed by atoms with E-state index in [4.69, 9.17) is 5.26 Å². The van der Waals surface area contributed by atoms with Gasteiger partial charge in [0.1, 0.15) is 0 Å². The average molecular weight is 123 g/mol. The highest BCUT2D eigenvalue weighted by molar-refractivity contribution is 4.95. The van der Waals surface area contributed by atoms with Crippen molar-refractivity contribution in [2.75, 3.05) is 0 Å². The largest absolute Gasteiger partial charge is 0.198 e. The van der Waals surface area contributed by atoms with Crippen molar-refractivity contribution in [3.63, 3.8) is 0 Å². The quantitative estimate of drug-likeness (QED) is 0.552. The fraction of sp³-hybridized carbons (Fsp3) is 0.875. The van der Waals surface area contributed by atoms with Gasteiger partial charge in [0.15, 0.2) is 0 Å². The van der Waals surface area contributed by atoms with Crippen molar-refractivity contribution >= 4 is 0 Å². The van der Waals surface area contributed by atoms with E-state index >= 15 is 0 Å². The van der Waals surface area contributed by atoms with Crippen LogP contribution in [0.1, 0.15) is 26.7 Å². The molecule has 0 aliphatic heterocycles. The van der Waals surface area contributed by atoms with E-state index in [-0.39, 0.29) is 0 Å². The molecule has 0 spiro atoms. The van der Waals surface area contributed by atoms with E-state index in [1.165, 1.54) is 12.8 Å². The van der Waals surface area contributed by atoms with Crippen molar-refractivity contribution in [2.45, 2.75) is 26.7 Å². The zero-order chi connectivity index (χ0) is 6.85. The average Bonchev–Trinajstić information content (AvgIpc) is 2.50. The highest BCUT2D eigenvalue weighted by Crippen LogP contribution is 2.39. The smallest absolute Gasteiger partial charge is 0.0661 e. The van der Waals surface area contributed by atoms with E-state index in [1.807, 2.05) is 0 Å². The Bertz CT molecular complexity index is 126. The summed E-state index contributed by atoms with van der Waals surface area (Å²) in [6.45, 7) is 4.26. The molecule has 0 aromatic heterocycles. The lowest BCUT2D eigenvalue weighted by molar-refractivity contribution is 0.427. The molecule has 1 saturated carbocycles. The van der Waals surface area contributed by atoms with Crippen LogP contribution in [0.25, 0.3) is 0 Å². The molecule has 1 fully saturated rings. The maximum Gasteiger partial charge on any atom is 0.0661 e. The van der Waals surface area contributed by atoms with Crippen molar-refractivity contribution in [1.82, 2.24) is 0 Å². The number of hydrogen-bond acceptors (Lipinski definition) is 1. The SMILES string of the molecule is CC(C)C(C#N)C1CC1. The lowest BCUT2D eigenvalue weighted by Crippen LogP contribution is -2.07. The summed E-state index contributed by atoms with van der Waals surface area (Å²) in [5.74, 6) is 1.64. The van der Waals surface area contributed by atoms with Crippen LogP contribution in [-0.4, -0.2) is 0 Å². The summed E-state index contributed by atoms with van der Waals surface area (Å²) in [4.78, 5) is 0. The summed E-state index contributed by atoms with van der Waals surface area (Å²) >= 11 is 0. The molecule has 1 unspecified atom stereocenters. The molecule has 0 bridgehead atoms. The third-order valence-corrected chi connectivity index (χ3v) is 2.00. The van der Waals surface area contributed by atoms with Gasteiger partial charge in [0.2, 0.25) is 0 Å². The first-order valence-electron chi connectivity index (χ1n) is 3.65. The lowest BCUT2D eigenvalue weighted by Gasteiger charge is -2.09. The molecule has 0 aromatic rings. The van der Waals surface area contributed by atoms with Crippen LogP contribution in [0.5, 0.6) is 0 Å². The van der Waals surface area contributed by atoms with Crippen molar-refractivity contribution in [3.8, 4) is 6.07 Å². The highest BCUT2D eigenvalue weighted by Gasteiger charge is 2.32. The van der Waals surface area contributed by atoms with E-state index < -0.39 is 0 Å². The van der Waals surface area contributed by atoms with Crippen molar-refractivity contribution in [3.05, 3.63) is 0 Å². The summed E-state index contributed by atoms with van der Waals surface area (Å²) in [6, 6.07) is 2.36. The maximum absolute atomic E-state index is 8.66. The lowest BCUT2D eigenvalue weighted by atomic mass is 9.93. The molecular weight excluding hydrogens is 110 g/mol. The Balaban J connectivity index is 2.40. The first-order valence-corrected chi connectivity index (χ1v) is 3.65. The third kappa shape index (κ3) is 1.45. The monoisotopic (exact) mass is 123 g/mol. The number of nitrogens with zero attached hydrogens (tertiary/aromatic N) is 1. The predicted molar refractivity (Wildman–Crippen MR) is 36.7 cm³/mol. The van der Waals surface area contributed by atoms with E-state index in [1.54, 1.807) is 0 Å². The second-order valence-corrected chi connectivity index (χ2v) is 3.24. The van der Waals surface area contributed by atoms with Gasteiger partial charge in [-0.25, -0.2) is 0 Å². The van der Waals surface area contributed by atoms with Crippen LogP contribution in [-0.2, 0) is 0 Å². The van der Waals surface area contributed by atoms with Crippen LogP contribution in [0.3, 0.4) is 0 Å². The second kappa shape index (κ2) is 2.39. The first-order chi connectivity index (χ1) is 4.25. The normalized spacial score (nSPS) is 21.6. The minimum atomic E-state index is 0.338. The van der Waals surface area contributed by atoms with E-state index in [0.29, 0.717) is 11.8 Å². The molecule has 0 amide bonds. The Kier molecular flexibility index (Phi) is 1.75. The second-order valence-electron chi connectivity index (χ2n) is 3.24. The maximum atomic E-state index is 8.66. The van der Waals surface area contributed by atoms with Crippen LogP contribution >= 0.6 is 0 Å². The number of hydrogen-bond donors (Lipinski definition) is 0. The molecule has 0 N–H and O–H groups in total. The standard InChI is InChI=1S/C8H13N/c1-6(2)8(5-9)7-3-4-7/h6-8H,3-4H2,1-2H3.